The lowest BCUT2D eigenvalue weighted by Crippen LogP contribution is -2.33. The van der Waals surface area contributed by atoms with Crippen molar-refractivity contribution in [2.75, 3.05) is 7.11 Å². The van der Waals surface area contributed by atoms with E-state index in [0.29, 0.717) is 11.1 Å². The van der Waals surface area contributed by atoms with E-state index in [1.165, 1.54) is 31.4 Å². The summed E-state index contributed by atoms with van der Waals surface area (Å²) < 4.78 is 42.9. The minimum Gasteiger partial charge on any atom is -0.549 e. The second-order valence-electron chi connectivity index (χ2n) is 5.90. The molecule has 0 saturated heterocycles. The van der Waals surface area contributed by atoms with Gasteiger partial charge in [0.25, 0.3) is 5.91 Å². The van der Waals surface area contributed by atoms with Gasteiger partial charge in [-0.2, -0.15) is 13.2 Å². The van der Waals surface area contributed by atoms with Gasteiger partial charge in [0.05, 0.1) is 29.0 Å². The molecule has 2 aromatic rings. The molecule has 0 heterocycles. The molecule has 0 aromatic heterocycles. The van der Waals surface area contributed by atoms with Gasteiger partial charge in [-0.05, 0) is 41.8 Å². The van der Waals surface area contributed by atoms with E-state index in [-0.39, 0.29) is 24.3 Å². The monoisotopic (exact) mass is 458 g/mol. The van der Waals surface area contributed by atoms with Crippen molar-refractivity contribution in [2.45, 2.75) is 24.0 Å². The topological polar surface area (TPSA) is 78.5 Å². The number of amides is 1. The molecule has 5 nitrogen and oxygen atoms in total. The summed E-state index contributed by atoms with van der Waals surface area (Å²) in [5.74, 6) is -1.49. The average Bonchev–Trinajstić information content (AvgIpc) is 2.65. The number of alkyl halides is 4. The molecule has 0 aliphatic rings. The Balaban J connectivity index is 2.11. The lowest BCUT2D eigenvalue weighted by atomic mass is 10.0. The van der Waals surface area contributed by atoms with E-state index in [9.17, 15) is 27.9 Å². The van der Waals surface area contributed by atoms with Gasteiger partial charge in [0, 0.05) is 6.54 Å². The Labute approximate surface area is 167 Å². The Morgan fingerprint density at radius 1 is 1.14 bits per heavy atom. The molecule has 0 aliphatic carbocycles. The van der Waals surface area contributed by atoms with Crippen LogP contribution in [0.1, 0.15) is 27.0 Å². The summed E-state index contributed by atoms with van der Waals surface area (Å²) in [6.45, 7) is 0.0183. The number of halogens is 4. The van der Waals surface area contributed by atoms with E-state index >= 15 is 0 Å². The van der Waals surface area contributed by atoms with Crippen LogP contribution >= 0.6 is 15.9 Å². The summed E-state index contributed by atoms with van der Waals surface area (Å²) in [5.41, 5.74) is 0.486. The summed E-state index contributed by atoms with van der Waals surface area (Å²) in [6.07, 6.45) is -4.32. The number of carboxylic acid groups (broad SMARTS) is 1. The standard InChI is InChI=1S/C19H17BrF3NO4/c1-28-16-7-4-12(9-15(20)18(26)27)8-14(16)17(25)24-10-11-2-5-13(6-3-11)19(21,22)23/h2-8,15H,9-10H2,1H3,(H,24,25)(H,26,27)/p-1. The van der Waals surface area contributed by atoms with Crippen molar-refractivity contribution in [3.05, 3.63) is 64.7 Å². The van der Waals surface area contributed by atoms with Crippen LogP contribution in [-0.2, 0) is 23.9 Å². The van der Waals surface area contributed by atoms with Crippen LogP contribution in [0, 0.1) is 0 Å². The largest absolute Gasteiger partial charge is 0.549 e. The fourth-order valence-electron chi connectivity index (χ4n) is 2.44. The third-order valence-corrected chi connectivity index (χ3v) is 4.61. The number of nitrogens with one attached hydrogen (secondary N) is 1. The highest BCUT2D eigenvalue weighted by Crippen LogP contribution is 2.29. The Hall–Kier alpha value is -2.55. The van der Waals surface area contributed by atoms with Gasteiger partial charge in [0.15, 0.2) is 0 Å². The fourth-order valence-corrected chi connectivity index (χ4v) is 2.81. The Kier molecular flexibility index (Phi) is 7.06. The maximum atomic E-state index is 12.6. The highest BCUT2D eigenvalue weighted by molar-refractivity contribution is 9.10. The lowest BCUT2D eigenvalue weighted by molar-refractivity contribution is -0.304. The fraction of sp³-hybridized carbons (Fsp3) is 0.263. The van der Waals surface area contributed by atoms with Gasteiger partial charge in [0.1, 0.15) is 5.75 Å². The zero-order valence-corrected chi connectivity index (χ0v) is 16.3. The quantitative estimate of drug-likeness (QED) is 0.647. The Bertz CT molecular complexity index is 853. The minimum absolute atomic E-state index is 0.0183. The summed E-state index contributed by atoms with van der Waals surface area (Å²) in [6, 6.07) is 9.12. The third-order valence-electron chi connectivity index (χ3n) is 3.91. The van der Waals surface area contributed by atoms with E-state index in [2.05, 4.69) is 21.2 Å². The number of benzene rings is 2. The molecule has 0 spiro atoms. The molecular weight excluding hydrogens is 443 g/mol. The number of hydrogen-bond donors (Lipinski definition) is 1. The zero-order valence-electron chi connectivity index (χ0n) is 14.7. The molecule has 0 bridgehead atoms. The van der Waals surface area contributed by atoms with Crippen LogP contribution in [0.15, 0.2) is 42.5 Å². The first-order chi connectivity index (χ1) is 13.1. The number of aliphatic carboxylic acids is 1. The molecule has 2 rings (SSSR count). The highest BCUT2D eigenvalue weighted by Gasteiger charge is 2.29. The van der Waals surface area contributed by atoms with Crippen molar-refractivity contribution in [1.82, 2.24) is 5.32 Å². The average molecular weight is 459 g/mol. The molecule has 1 unspecified atom stereocenters. The van der Waals surface area contributed by atoms with Crippen LogP contribution in [-0.4, -0.2) is 23.8 Å². The highest BCUT2D eigenvalue weighted by atomic mass is 79.9. The second kappa shape index (κ2) is 9.09. The molecule has 1 N–H and O–H groups in total. The van der Waals surface area contributed by atoms with E-state index < -0.39 is 28.4 Å². The van der Waals surface area contributed by atoms with Crippen molar-refractivity contribution in [3.63, 3.8) is 0 Å². The molecule has 1 atom stereocenters. The van der Waals surface area contributed by atoms with Crippen molar-refractivity contribution in [2.24, 2.45) is 0 Å². The number of rotatable bonds is 7. The van der Waals surface area contributed by atoms with Gasteiger partial charge >= 0.3 is 6.18 Å². The molecule has 1 amide bonds. The van der Waals surface area contributed by atoms with Gasteiger partial charge < -0.3 is 20.0 Å². The Morgan fingerprint density at radius 3 is 2.29 bits per heavy atom. The summed E-state index contributed by atoms with van der Waals surface area (Å²) in [5, 5.41) is 13.5. The lowest BCUT2D eigenvalue weighted by Gasteiger charge is -2.14. The molecule has 0 saturated carbocycles. The van der Waals surface area contributed by atoms with E-state index in [0.717, 1.165) is 12.1 Å². The first-order valence-electron chi connectivity index (χ1n) is 8.08. The van der Waals surface area contributed by atoms with Crippen LogP contribution in [0.25, 0.3) is 0 Å². The maximum Gasteiger partial charge on any atom is 0.416 e. The first-order valence-corrected chi connectivity index (χ1v) is 8.99. The van der Waals surface area contributed by atoms with Crippen molar-refractivity contribution < 1.29 is 32.6 Å². The molecular formula is C19H16BrF3NO4-. The van der Waals surface area contributed by atoms with Crippen LogP contribution in [0.2, 0.25) is 0 Å². The minimum atomic E-state index is -4.42. The van der Waals surface area contributed by atoms with Crippen molar-refractivity contribution in [1.29, 1.82) is 0 Å². The van der Waals surface area contributed by atoms with Crippen LogP contribution in [0.5, 0.6) is 5.75 Å². The molecule has 0 radical (unpaired) electrons. The molecule has 0 fully saturated rings. The van der Waals surface area contributed by atoms with Crippen molar-refractivity contribution in [3.8, 4) is 5.75 Å². The first kappa shape index (κ1) is 21.7. The normalized spacial score (nSPS) is 12.3. The predicted molar refractivity (Wildman–Crippen MR) is 97.0 cm³/mol. The smallest absolute Gasteiger partial charge is 0.416 e. The van der Waals surface area contributed by atoms with Crippen LogP contribution in [0.3, 0.4) is 0 Å². The molecule has 9 heteroatoms. The third kappa shape index (κ3) is 5.72. The number of ether oxygens (including phenoxy) is 1. The van der Waals surface area contributed by atoms with Gasteiger partial charge in [-0.1, -0.05) is 34.1 Å². The zero-order chi connectivity index (χ0) is 20.9. The Morgan fingerprint density at radius 2 is 1.75 bits per heavy atom. The summed E-state index contributed by atoms with van der Waals surface area (Å²) >= 11 is 2.98. The number of hydrogen-bond acceptors (Lipinski definition) is 4. The molecule has 150 valence electrons. The molecule has 2 aromatic carbocycles. The van der Waals surface area contributed by atoms with Crippen molar-refractivity contribution >= 4 is 27.8 Å². The van der Waals surface area contributed by atoms with E-state index in [1.807, 2.05) is 0 Å². The number of methoxy groups -OCH3 is 1. The SMILES string of the molecule is COc1ccc(CC(Br)C(=O)[O-])cc1C(=O)NCc1ccc(C(F)(F)F)cc1. The summed E-state index contributed by atoms with van der Waals surface area (Å²) in [7, 11) is 1.39. The van der Waals surface area contributed by atoms with Crippen LogP contribution < -0.4 is 15.2 Å². The number of carbonyl (C=O) groups is 2. The van der Waals surface area contributed by atoms with Gasteiger partial charge in [0.2, 0.25) is 0 Å². The van der Waals surface area contributed by atoms with E-state index in [4.69, 9.17) is 4.74 Å². The second-order valence-corrected chi connectivity index (χ2v) is 7.01. The molecule has 0 aliphatic heterocycles. The predicted octanol–water partition coefficient (Wildman–Crippen LogP) is 2.70. The maximum absolute atomic E-state index is 12.6. The van der Waals surface area contributed by atoms with Crippen LogP contribution in [0.4, 0.5) is 13.2 Å². The summed E-state index contributed by atoms with van der Waals surface area (Å²) in [4.78, 5) is 22.4. The molecule has 28 heavy (non-hydrogen) atoms. The van der Waals surface area contributed by atoms with Gasteiger partial charge in [-0.3, -0.25) is 4.79 Å². The van der Waals surface area contributed by atoms with Gasteiger partial charge in [-0.15, -0.1) is 0 Å². The van der Waals surface area contributed by atoms with Gasteiger partial charge in [-0.25, -0.2) is 0 Å². The number of carbonyl (C=O) groups excluding carboxylic acids is 2. The van der Waals surface area contributed by atoms with E-state index in [1.54, 1.807) is 6.07 Å². The number of carboxylic acids is 1.